The van der Waals surface area contributed by atoms with E-state index in [-0.39, 0.29) is 12.1 Å². The van der Waals surface area contributed by atoms with Crippen LogP contribution in [0.3, 0.4) is 0 Å². The predicted molar refractivity (Wildman–Crippen MR) is 101 cm³/mol. The van der Waals surface area contributed by atoms with Gasteiger partial charge in [-0.15, -0.1) is 0 Å². The quantitative estimate of drug-likeness (QED) is 0.738. The molecule has 1 atom stereocenters. The van der Waals surface area contributed by atoms with Crippen molar-refractivity contribution in [3.05, 3.63) is 11.3 Å². The number of aromatic nitrogens is 2. The summed E-state index contributed by atoms with van der Waals surface area (Å²) in [6.07, 6.45) is 1.99. The minimum Gasteiger partial charge on any atom is -0.381 e. The Morgan fingerprint density at radius 1 is 1.42 bits per heavy atom. The lowest BCUT2D eigenvalue weighted by atomic mass is 9.91. The van der Waals surface area contributed by atoms with Crippen molar-refractivity contribution in [3.63, 3.8) is 0 Å². The number of rotatable bonds is 5. The van der Waals surface area contributed by atoms with E-state index in [2.05, 4.69) is 39.6 Å². The van der Waals surface area contributed by atoms with Gasteiger partial charge in [0.25, 0.3) is 0 Å². The first-order valence-electron chi connectivity index (χ1n) is 9.40. The smallest absolute Gasteiger partial charge is 0.318 e. The Bertz CT molecular complexity index is 636. The number of nitrogens with one attached hydrogen (secondary N) is 3. The lowest BCUT2D eigenvalue weighted by Gasteiger charge is -2.37. The fourth-order valence-electron chi connectivity index (χ4n) is 4.11. The Labute approximate surface area is 155 Å². The van der Waals surface area contributed by atoms with Crippen molar-refractivity contribution < 1.29 is 9.53 Å². The number of nitrogens with zero attached hydrogens (tertiary/aromatic N) is 3. The van der Waals surface area contributed by atoms with E-state index in [1.54, 1.807) is 0 Å². The Morgan fingerprint density at radius 3 is 2.73 bits per heavy atom. The van der Waals surface area contributed by atoms with Crippen LogP contribution in [0.4, 0.5) is 10.6 Å². The zero-order valence-corrected chi connectivity index (χ0v) is 16.6. The van der Waals surface area contributed by atoms with Gasteiger partial charge >= 0.3 is 6.03 Å². The van der Waals surface area contributed by atoms with E-state index in [9.17, 15) is 4.79 Å². The second kappa shape index (κ2) is 7.44. The van der Waals surface area contributed by atoms with Gasteiger partial charge in [-0.05, 0) is 46.7 Å². The highest BCUT2D eigenvalue weighted by atomic mass is 16.5. The first kappa shape index (κ1) is 19.0. The topological polar surface area (TPSA) is 85.5 Å². The van der Waals surface area contributed by atoms with Crippen molar-refractivity contribution in [2.24, 2.45) is 5.92 Å². The molecule has 2 amide bonds. The Hall–Kier alpha value is -1.80. The molecule has 1 unspecified atom stereocenters. The molecule has 146 valence electrons. The van der Waals surface area contributed by atoms with Crippen molar-refractivity contribution in [2.45, 2.75) is 44.8 Å². The third-order valence-electron chi connectivity index (χ3n) is 5.66. The van der Waals surface area contributed by atoms with E-state index in [0.717, 1.165) is 49.7 Å². The zero-order chi connectivity index (χ0) is 18.9. The first-order chi connectivity index (χ1) is 12.3. The van der Waals surface area contributed by atoms with Gasteiger partial charge in [-0.2, -0.15) is 5.10 Å². The van der Waals surface area contributed by atoms with Crippen LogP contribution in [0.25, 0.3) is 0 Å². The zero-order valence-electron chi connectivity index (χ0n) is 16.6. The van der Waals surface area contributed by atoms with Crippen LogP contribution in [-0.2, 0) is 16.8 Å². The molecule has 0 aromatic carbocycles. The van der Waals surface area contributed by atoms with Crippen molar-refractivity contribution in [2.75, 3.05) is 46.2 Å². The molecule has 1 aromatic heterocycles. The highest BCUT2D eigenvalue weighted by Gasteiger charge is 2.44. The number of likely N-dealkylation sites (N-methyl/N-ethyl adjacent to an activating group) is 1. The monoisotopic (exact) mass is 364 g/mol. The van der Waals surface area contributed by atoms with Crippen molar-refractivity contribution >= 4 is 11.8 Å². The number of hydrogen-bond donors (Lipinski definition) is 3. The third kappa shape index (κ3) is 3.53. The number of fused-ring (bicyclic) bond motifs is 1. The van der Waals surface area contributed by atoms with Gasteiger partial charge < -0.3 is 25.2 Å². The van der Waals surface area contributed by atoms with Crippen LogP contribution in [0.2, 0.25) is 0 Å². The molecule has 0 radical (unpaired) electrons. The van der Waals surface area contributed by atoms with E-state index < -0.39 is 5.54 Å². The van der Waals surface area contributed by atoms with Gasteiger partial charge in [-0.3, -0.25) is 5.10 Å². The normalized spacial score (nSPS) is 20.9. The number of carbonyl (C=O) groups excluding carboxylic acids is 1. The summed E-state index contributed by atoms with van der Waals surface area (Å²) in [5.41, 5.74) is 1.66. The second-order valence-corrected chi connectivity index (χ2v) is 8.09. The Kier molecular flexibility index (Phi) is 5.43. The minimum absolute atomic E-state index is 0.0139. The number of aromatic amines is 1. The molecule has 3 heterocycles. The van der Waals surface area contributed by atoms with Crippen molar-refractivity contribution in [1.82, 2.24) is 25.3 Å². The van der Waals surface area contributed by atoms with Crippen LogP contribution in [0.15, 0.2) is 0 Å². The molecule has 26 heavy (non-hydrogen) atoms. The number of ether oxygens (including phenoxy) is 1. The first-order valence-corrected chi connectivity index (χ1v) is 9.40. The number of anilines is 1. The highest BCUT2D eigenvalue weighted by Crippen LogP contribution is 2.40. The molecule has 2 aliphatic rings. The van der Waals surface area contributed by atoms with Gasteiger partial charge in [-0.25, -0.2) is 4.79 Å². The third-order valence-corrected chi connectivity index (χ3v) is 5.66. The molecule has 0 saturated carbocycles. The molecule has 0 bridgehead atoms. The lowest BCUT2D eigenvalue weighted by Crippen LogP contribution is -2.54. The number of urea groups is 1. The number of H-pyrrole nitrogens is 1. The van der Waals surface area contributed by atoms with Gasteiger partial charge in [0.2, 0.25) is 0 Å². The maximum atomic E-state index is 13.2. The van der Waals surface area contributed by atoms with E-state index in [1.165, 1.54) is 0 Å². The standard InChI is InChI=1S/C18H32N6O2/c1-18(2)15-13(16(19-3)22-21-15)10-24(18)17(25)20-14(11-23(4)5)12-6-8-26-9-7-12/h12,14H,6-11H2,1-5H3,(H,20,25)(H2,19,21,22). The summed E-state index contributed by atoms with van der Waals surface area (Å²) in [7, 11) is 5.95. The number of hydrogen-bond acceptors (Lipinski definition) is 5. The minimum atomic E-state index is -0.417. The van der Waals surface area contributed by atoms with Crippen LogP contribution in [0, 0.1) is 5.92 Å². The van der Waals surface area contributed by atoms with E-state index in [0.29, 0.717) is 12.5 Å². The summed E-state index contributed by atoms with van der Waals surface area (Å²) in [4.78, 5) is 17.2. The van der Waals surface area contributed by atoms with Crippen molar-refractivity contribution in [1.29, 1.82) is 0 Å². The van der Waals surface area contributed by atoms with Gasteiger partial charge in [0, 0.05) is 38.4 Å². The van der Waals surface area contributed by atoms with E-state index in [1.807, 2.05) is 26.0 Å². The largest absolute Gasteiger partial charge is 0.381 e. The van der Waals surface area contributed by atoms with Gasteiger partial charge in [0.05, 0.1) is 17.8 Å². The molecular formula is C18H32N6O2. The summed E-state index contributed by atoms with van der Waals surface area (Å²) in [5, 5.41) is 13.8. The summed E-state index contributed by atoms with van der Waals surface area (Å²) >= 11 is 0. The van der Waals surface area contributed by atoms with Crippen LogP contribution in [-0.4, -0.2) is 73.0 Å². The molecule has 1 aromatic rings. The summed E-state index contributed by atoms with van der Waals surface area (Å²) in [6.45, 7) is 7.07. The average Bonchev–Trinajstić information content (AvgIpc) is 3.13. The summed E-state index contributed by atoms with van der Waals surface area (Å²) in [6, 6.07) is 0.109. The molecule has 3 rings (SSSR count). The molecular weight excluding hydrogens is 332 g/mol. The molecule has 1 fully saturated rings. The fourth-order valence-corrected chi connectivity index (χ4v) is 4.11. The molecule has 2 aliphatic heterocycles. The molecule has 3 N–H and O–H groups in total. The van der Waals surface area contributed by atoms with Crippen molar-refractivity contribution in [3.8, 4) is 0 Å². The van der Waals surface area contributed by atoms with Gasteiger partial charge in [0.1, 0.15) is 0 Å². The van der Waals surface area contributed by atoms with Crippen LogP contribution < -0.4 is 10.6 Å². The average molecular weight is 364 g/mol. The SMILES string of the molecule is CNc1n[nH]c2c1CN(C(=O)NC(CN(C)C)C1CCOCC1)C2(C)C. The Balaban J connectivity index is 1.74. The predicted octanol–water partition coefficient (Wildman–Crippen LogP) is 1.57. The molecule has 8 heteroatoms. The van der Waals surface area contributed by atoms with E-state index in [4.69, 9.17) is 4.74 Å². The maximum Gasteiger partial charge on any atom is 0.318 e. The number of carbonyl (C=O) groups is 1. The lowest BCUT2D eigenvalue weighted by molar-refractivity contribution is 0.0489. The van der Waals surface area contributed by atoms with Gasteiger partial charge in [-0.1, -0.05) is 0 Å². The molecule has 8 nitrogen and oxygen atoms in total. The summed E-state index contributed by atoms with van der Waals surface area (Å²) in [5.74, 6) is 1.27. The van der Waals surface area contributed by atoms with Crippen LogP contribution in [0.5, 0.6) is 0 Å². The van der Waals surface area contributed by atoms with E-state index >= 15 is 0 Å². The maximum absolute atomic E-state index is 13.2. The molecule has 0 spiro atoms. The molecule has 1 saturated heterocycles. The fraction of sp³-hybridized carbons (Fsp3) is 0.778. The Morgan fingerprint density at radius 2 is 2.12 bits per heavy atom. The number of amides is 2. The summed E-state index contributed by atoms with van der Waals surface area (Å²) < 4.78 is 5.50. The second-order valence-electron chi connectivity index (χ2n) is 8.09. The molecule has 0 aliphatic carbocycles. The van der Waals surface area contributed by atoms with Crippen LogP contribution >= 0.6 is 0 Å². The van der Waals surface area contributed by atoms with Crippen LogP contribution in [0.1, 0.15) is 37.9 Å². The highest BCUT2D eigenvalue weighted by molar-refractivity contribution is 5.77. The van der Waals surface area contributed by atoms with Gasteiger partial charge in [0.15, 0.2) is 5.82 Å².